The van der Waals surface area contributed by atoms with Crippen LogP contribution in [0.5, 0.6) is 0 Å². The molecule has 0 spiro atoms. The van der Waals surface area contributed by atoms with Crippen molar-refractivity contribution in [2.24, 2.45) is 5.92 Å². The maximum atomic E-state index is 12.9. The normalized spacial score (nSPS) is 15.9. The summed E-state index contributed by atoms with van der Waals surface area (Å²) in [4.78, 5) is 29.7. The van der Waals surface area contributed by atoms with Gasteiger partial charge >= 0.3 is 0 Å². The van der Waals surface area contributed by atoms with Crippen molar-refractivity contribution in [3.63, 3.8) is 0 Å². The Hall–Kier alpha value is -3.50. The van der Waals surface area contributed by atoms with Gasteiger partial charge < -0.3 is 0 Å². The number of imide groups is 1. The van der Waals surface area contributed by atoms with Crippen LogP contribution in [0.1, 0.15) is 51.7 Å². The van der Waals surface area contributed by atoms with E-state index in [0.29, 0.717) is 17.7 Å². The first-order valence-corrected chi connectivity index (χ1v) is 11.5. The molecule has 0 bridgehead atoms. The summed E-state index contributed by atoms with van der Waals surface area (Å²) in [7, 11) is 0. The lowest BCUT2D eigenvalue weighted by Crippen LogP contribution is -2.45. The van der Waals surface area contributed by atoms with E-state index in [1.807, 2.05) is 24.3 Å². The first-order valence-electron chi connectivity index (χ1n) is 11.5. The zero-order valence-electron chi connectivity index (χ0n) is 19.1. The fourth-order valence-corrected chi connectivity index (χ4v) is 4.97. The summed E-state index contributed by atoms with van der Waals surface area (Å²) in [5.41, 5.74) is 6.10. The summed E-state index contributed by atoms with van der Waals surface area (Å²) in [5, 5.41) is 0. The molecular formula is C29H28N2O2. The Morgan fingerprint density at radius 3 is 1.64 bits per heavy atom. The minimum Gasteiger partial charge on any atom is -0.284 e. The van der Waals surface area contributed by atoms with Gasteiger partial charge in [-0.25, -0.2) is 0 Å². The standard InChI is InChI=1S/C29H28N2O2/c1-20(2)26(19-31-28(32)24-15-9-10-16-25(24)29(31)33)23-17-30(18-23)27(21-11-5-3-6-12-21)22-13-7-4-8-14-22/h3-16,20,27H,17-19H2,1-2H3. The molecule has 2 heterocycles. The Labute approximate surface area is 195 Å². The van der Waals surface area contributed by atoms with Gasteiger partial charge in [0.2, 0.25) is 0 Å². The summed E-state index contributed by atoms with van der Waals surface area (Å²) in [6.07, 6.45) is 0. The zero-order chi connectivity index (χ0) is 22.9. The molecule has 166 valence electrons. The van der Waals surface area contributed by atoms with E-state index in [9.17, 15) is 9.59 Å². The van der Waals surface area contributed by atoms with Gasteiger partial charge in [0, 0.05) is 13.1 Å². The maximum absolute atomic E-state index is 12.9. The summed E-state index contributed by atoms with van der Waals surface area (Å²) in [5.74, 6) is -0.104. The number of amides is 2. The van der Waals surface area contributed by atoms with E-state index in [0.717, 1.165) is 13.1 Å². The number of hydrogen-bond acceptors (Lipinski definition) is 3. The average molecular weight is 437 g/mol. The number of carbonyl (C=O) groups is 2. The van der Waals surface area contributed by atoms with Crippen molar-refractivity contribution in [1.29, 1.82) is 0 Å². The minimum absolute atomic E-state index is 0.183. The summed E-state index contributed by atoms with van der Waals surface area (Å²) in [6, 6.07) is 28.5. The predicted molar refractivity (Wildman–Crippen MR) is 130 cm³/mol. The van der Waals surface area contributed by atoms with Crippen molar-refractivity contribution in [2.45, 2.75) is 19.9 Å². The van der Waals surface area contributed by atoms with E-state index in [4.69, 9.17) is 0 Å². The highest BCUT2D eigenvalue weighted by molar-refractivity contribution is 6.21. The molecular weight excluding hydrogens is 408 g/mol. The van der Waals surface area contributed by atoms with E-state index in [2.05, 4.69) is 67.3 Å². The molecule has 0 N–H and O–H groups in total. The molecule has 0 saturated carbocycles. The van der Waals surface area contributed by atoms with E-state index in [1.165, 1.54) is 27.2 Å². The Bertz CT molecular complexity index is 1130. The number of fused-ring (bicyclic) bond motifs is 1. The van der Waals surface area contributed by atoms with Crippen LogP contribution in [0.4, 0.5) is 0 Å². The Kier molecular flexibility index (Phi) is 5.69. The van der Waals surface area contributed by atoms with Crippen molar-refractivity contribution < 1.29 is 9.59 Å². The van der Waals surface area contributed by atoms with Crippen LogP contribution in [0.15, 0.2) is 96.1 Å². The number of hydrogen-bond donors (Lipinski definition) is 0. The number of nitrogens with zero attached hydrogens (tertiary/aromatic N) is 2. The smallest absolute Gasteiger partial charge is 0.261 e. The van der Waals surface area contributed by atoms with Crippen LogP contribution in [-0.4, -0.2) is 41.2 Å². The Morgan fingerprint density at radius 1 is 0.727 bits per heavy atom. The number of likely N-dealkylation sites (tertiary alicyclic amines) is 1. The van der Waals surface area contributed by atoms with Crippen LogP contribution in [0.3, 0.4) is 0 Å². The quantitative estimate of drug-likeness (QED) is 0.387. The molecule has 1 saturated heterocycles. The molecule has 5 rings (SSSR count). The third kappa shape index (κ3) is 3.91. The van der Waals surface area contributed by atoms with Crippen LogP contribution >= 0.6 is 0 Å². The molecule has 0 aliphatic carbocycles. The highest BCUT2D eigenvalue weighted by Gasteiger charge is 2.38. The number of benzene rings is 3. The third-order valence-corrected chi connectivity index (χ3v) is 6.74. The van der Waals surface area contributed by atoms with Crippen molar-refractivity contribution in [1.82, 2.24) is 9.80 Å². The number of rotatable bonds is 6. The molecule has 0 atom stereocenters. The molecule has 33 heavy (non-hydrogen) atoms. The highest BCUT2D eigenvalue weighted by Crippen LogP contribution is 2.36. The monoisotopic (exact) mass is 436 g/mol. The van der Waals surface area contributed by atoms with Crippen LogP contribution < -0.4 is 0 Å². The zero-order valence-corrected chi connectivity index (χ0v) is 19.1. The van der Waals surface area contributed by atoms with Gasteiger partial charge in [0.05, 0.1) is 23.7 Å². The lowest BCUT2D eigenvalue weighted by atomic mass is 9.88. The van der Waals surface area contributed by atoms with Gasteiger partial charge in [0.15, 0.2) is 0 Å². The van der Waals surface area contributed by atoms with Crippen molar-refractivity contribution >= 4 is 11.8 Å². The summed E-state index contributed by atoms with van der Waals surface area (Å²) < 4.78 is 0. The van der Waals surface area contributed by atoms with Gasteiger partial charge in [-0.2, -0.15) is 0 Å². The van der Waals surface area contributed by atoms with Crippen LogP contribution in [-0.2, 0) is 0 Å². The Balaban J connectivity index is 1.40. The van der Waals surface area contributed by atoms with E-state index in [-0.39, 0.29) is 23.8 Å². The van der Waals surface area contributed by atoms with Crippen molar-refractivity contribution in [3.8, 4) is 0 Å². The Morgan fingerprint density at radius 2 is 1.18 bits per heavy atom. The fraction of sp³-hybridized carbons (Fsp3) is 0.241. The van der Waals surface area contributed by atoms with Gasteiger partial charge in [-0.15, -0.1) is 0 Å². The van der Waals surface area contributed by atoms with Gasteiger partial charge in [-0.1, -0.05) is 86.6 Å². The van der Waals surface area contributed by atoms with Gasteiger partial charge in [0.25, 0.3) is 11.8 Å². The van der Waals surface area contributed by atoms with Crippen molar-refractivity contribution in [3.05, 3.63) is 118 Å². The first kappa shape index (κ1) is 21.4. The molecule has 0 aromatic heterocycles. The molecule has 0 radical (unpaired) electrons. The fourth-order valence-electron chi connectivity index (χ4n) is 4.97. The van der Waals surface area contributed by atoms with Crippen LogP contribution in [0.2, 0.25) is 0 Å². The highest BCUT2D eigenvalue weighted by atomic mass is 16.2. The lowest BCUT2D eigenvalue weighted by molar-refractivity contribution is 0.0663. The van der Waals surface area contributed by atoms with Gasteiger partial charge in [-0.3, -0.25) is 19.4 Å². The topological polar surface area (TPSA) is 40.6 Å². The van der Waals surface area contributed by atoms with E-state index in [1.54, 1.807) is 12.1 Å². The minimum atomic E-state index is -0.183. The molecule has 0 unspecified atom stereocenters. The van der Waals surface area contributed by atoms with Gasteiger partial charge in [0.1, 0.15) is 0 Å². The summed E-state index contributed by atoms with van der Waals surface area (Å²) in [6.45, 7) is 6.34. The molecule has 2 aliphatic heterocycles. The average Bonchev–Trinajstić information content (AvgIpc) is 3.06. The maximum Gasteiger partial charge on any atom is 0.261 e. The van der Waals surface area contributed by atoms with Crippen LogP contribution in [0, 0.1) is 5.92 Å². The van der Waals surface area contributed by atoms with Crippen molar-refractivity contribution in [2.75, 3.05) is 19.6 Å². The SMILES string of the molecule is CC(C)C(CN1C(=O)c2ccccc2C1=O)=C1CN(C(c2ccccc2)c2ccccc2)C1. The molecule has 3 aromatic rings. The van der Waals surface area contributed by atoms with E-state index >= 15 is 0 Å². The van der Waals surface area contributed by atoms with Crippen LogP contribution in [0.25, 0.3) is 0 Å². The summed E-state index contributed by atoms with van der Waals surface area (Å²) >= 11 is 0. The number of carbonyl (C=O) groups excluding carboxylic acids is 2. The lowest BCUT2D eigenvalue weighted by Gasteiger charge is -2.43. The molecule has 4 heteroatoms. The first-order chi connectivity index (χ1) is 16.0. The molecule has 4 nitrogen and oxygen atoms in total. The van der Waals surface area contributed by atoms with E-state index < -0.39 is 0 Å². The molecule has 1 fully saturated rings. The second-order valence-corrected chi connectivity index (χ2v) is 9.15. The third-order valence-electron chi connectivity index (χ3n) is 6.74. The second kappa shape index (κ2) is 8.80. The second-order valence-electron chi connectivity index (χ2n) is 9.15. The van der Waals surface area contributed by atoms with Gasteiger partial charge in [-0.05, 0) is 40.3 Å². The largest absolute Gasteiger partial charge is 0.284 e. The predicted octanol–water partition coefficient (Wildman–Crippen LogP) is 5.34. The molecule has 3 aromatic carbocycles. The molecule has 2 aliphatic rings. The molecule has 2 amide bonds.